The minimum atomic E-state index is 0.261. The fourth-order valence-corrected chi connectivity index (χ4v) is 5.88. The molecule has 2 aromatic rings. The summed E-state index contributed by atoms with van der Waals surface area (Å²) in [5.74, 6) is 8.31. The highest BCUT2D eigenvalue weighted by Crippen LogP contribution is 2.42. The van der Waals surface area contributed by atoms with Gasteiger partial charge in [-0.3, -0.25) is 9.69 Å². The van der Waals surface area contributed by atoms with E-state index in [-0.39, 0.29) is 5.92 Å². The van der Waals surface area contributed by atoms with Gasteiger partial charge >= 0.3 is 0 Å². The van der Waals surface area contributed by atoms with Crippen molar-refractivity contribution in [1.29, 1.82) is 0 Å². The summed E-state index contributed by atoms with van der Waals surface area (Å²) in [6.07, 6.45) is 5.55. The van der Waals surface area contributed by atoms with Crippen LogP contribution in [0.15, 0.2) is 48.5 Å². The van der Waals surface area contributed by atoms with Crippen LogP contribution in [0.4, 0.5) is 0 Å². The molecular weight excluding hydrogens is 436 g/mol. The van der Waals surface area contributed by atoms with Gasteiger partial charge in [0, 0.05) is 49.7 Å². The van der Waals surface area contributed by atoms with Gasteiger partial charge in [-0.15, -0.1) is 0 Å². The van der Waals surface area contributed by atoms with E-state index in [1.54, 1.807) is 14.2 Å². The number of rotatable bonds is 5. The Balaban J connectivity index is 1.35. The first-order valence-corrected chi connectivity index (χ1v) is 13.0. The Kier molecular flexibility index (Phi) is 7.41. The normalized spacial score (nSPS) is 24.6. The molecule has 3 fully saturated rings. The van der Waals surface area contributed by atoms with E-state index in [1.807, 2.05) is 24.3 Å². The summed E-state index contributed by atoms with van der Waals surface area (Å²) in [4.78, 5) is 17.9. The summed E-state index contributed by atoms with van der Waals surface area (Å²) in [5.41, 5.74) is 3.19. The van der Waals surface area contributed by atoms with E-state index in [0.29, 0.717) is 30.5 Å². The lowest BCUT2D eigenvalue weighted by atomic mass is 9.74. The predicted octanol–water partition coefficient (Wildman–Crippen LogP) is 4.30. The first-order chi connectivity index (χ1) is 17.2. The Hall–Kier alpha value is -2.81. The molecule has 1 saturated carbocycles. The first-order valence-electron chi connectivity index (χ1n) is 13.0. The van der Waals surface area contributed by atoms with E-state index in [1.165, 1.54) is 12.0 Å². The molecule has 2 heterocycles. The number of fused-ring (bicyclic) bond motifs is 1. The Morgan fingerprint density at radius 1 is 0.971 bits per heavy atom. The van der Waals surface area contributed by atoms with Crippen LogP contribution in [-0.2, 0) is 9.53 Å². The summed E-state index contributed by atoms with van der Waals surface area (Å²) >= 11 is 0. The quantitative estimate of drug-likeness (QED) is 0.609. The van der Waals surface area contributed by atoms with Crippen LogP contribution in [0.3, 0.4) is 0 Å². The molecule has 0 spiro atoms. The highest BCUT2D eigenvalue weighted by atomic mass is 16.5. The predicted molar refractivity (Wildman–Crippen MR) is 137 cm³/mol. The fraction of sp³-hybridized carbons (Fsp3) is 0.500. The summed E-state index contributed by atoms with van der Waals surface area (Å²) in [6, 6.07) is 17.2. The molecule has 2 aromatic carbocycles. The van der Waals surface area contributed by atoms with Crippen molar-refractivity contribution in [1.82, 2.24) is 9.80 Å². The van der Waals surface area contributed by atoms with E-state index in [4.69, 9.17) is 9.47 Å². The van der Waals surface area contributed by atoms with Crippen molar-refractivity contribution in [3.8, 4) is 17.6 Å². The third kappa shape index (κ3) is 4.96. The van der Waals surface area contributed by atoms with Crippen molar-refractivity contribution in [3.63, 3.8) is 0 Å². The van der Waals surface area contributed by atoms with Gasteiger partial charge in [-0.1, -0.05) is 42.5 Å². The van der Waals surface area contributed by atoms with Crippen LogP contribution in [-0.4, -0.2) is 68.3 Å². The highest BCUT2D eigenvalue weighted by molar-refractivity contribution is 5.79. The van der Waals surface area contributed by atoms with E-state index < -0.39 is 0 Å². The van der Waals surface area contributed by atoms with Crippen LogP contribution < -0.4 is 4.74 Å². The Morgan fingerprint density at radius 2 is 1.74 bits per heavy atom. The van der Waals surface area contributed by atoms with Crippen molar-refractivity contribution in [2.75, 3.05) is 40.5 Å². The lowest BCUT2D eigenvalue weighted by Gasteiger charge is -2.57. The van der Waals surface area contributed by atoms with Gasteiger partial charge < -0.3 is 14.4 Å². The Bertz CT molecular complexity index is 1080. The van der Waals surface area contributed by atoms with Gasteiger partial charge in [-0.05, 0) is 62.1 Å². The molecule has 0 bridgehead atoms. The summed E-state index contributed by atoms with van der Waals surface area (Å²) in [7, 11) is 3.46. The van der Waals surface area contributed by atoms with E-state index >= 15 is 0 Å². The van der Waals surface area contributed by atoms with Crippen molar-refractivity contribution >= 4 is 5.91 Å². The van der Waals surface area contributed by atoms with Gasteiger partial charge in [0.25, 0.3) is 0 Å². The standard InChI is InChI=1S/C30H36N2O3/c1-34-21-27-29(26-20-31(18-5-6-19-32(26)27)30(33)25-9-7-10-25)24-16-13-22(14-17-24)12-15-23-8-3-4-11-28(23)35-2/h3-4,8,11,13-14,16-17,25-27,29H,5-7,9-10,18-21H2,1-2H3/t26-,27-,29-/m0/s1. The second kappa shape index (κ2) is 10.8. The molecule has 3 aliphatic rings. The highest BCUT2D eigenvalue weighted by Gasteiger charge is 2.50. The van der Waals surface area contributed by atoms with Crippen molar-refractivity contribution in [2.24, 2.45) is 5.92 Å². The number of hydrogen-bond donors (Lipinski definition) is 0. The molecule has 0 N–H and O–H groups in total. The summed E-state index contributed by atoms with van der Waals surface area (Å²) in [6.45, 7) is 3.53. The molecule has 0 aromatic heterocycles. The number of nitrogens with zero attached hydrogens (tertiary/aromatic N) is 2. The number of carbonyl (C=O) groups is 1. The zero-order valence-corrected chi connectivity index (χ0v) is 20.9. The second-order valence-electron chi connectivity index (χ2n) is 10.0. The second-order valence-corrected chi connectivity index (χ2v) is 10.0. The summed E-state index contributed by atoms with van der Waals surface area (Å²) in [5, 5.41) is 0. The molecule has 184 valence electrons. The smallest absolute Gasteiger partial charge is 0.225 e. The number of ether oxygens (including phenoxy) is 2. The number of hydrogen-bond acceptors (Lipinski definition) is 4. The van der Waals surface area contributed by atoms with Gasteiger partial charge in [0.1, 0.15) is 5.75 Å². The SMILES string of the molecule is COC[C@H]1[C@@H](c2ccc(C#Cc3ccccc3OC)cc2)[C@@H]2CN(C(=O)C3CCC3)CCCCN12. The van der Waals surface area contributed by atoms with Crippen LogP contribution in [0, 0.1) is 17.8 Å². The maximum absolute atomic E-state index is 13.1. The Labute approximate surface area is 209 Å². The molecule has 0 unspecified atom stereocenters. The topological polar surface area (TPSA) is 42.0 Å². The van der Waals surface area contributed by atoms with Gasteiger partial charge in [-0.2, -0.15) is 0 Å². The van der Waals surface area contributed by atoms with Crippen LogP contribution in [0.2, 0.25) is 0 Å². The van der Waals surface area contributed by atoms with Crippen LogP contribution >= 0.6 is 0 Å². The number of para-hydroxylation sites is 1. The molecule has 3 atom stereocenters. The molecule has 2 saturated heterocycles. The molecule has 2 aliphatic heterocycles. The lowest BCUT2D eigenvalue weighted by Crippen LogP contribution is -2.68. The third-order valence-corrected chi connectivity index (χ3v) is 8.03. The van der Waals surface area contributed by atoms with Gasteiger partial charge in [0.15, 0.2) is 0 Å². The van der Waals surface area contributed by atoms with Crippen molar-refractivity contribution in [2.45, 2.75) is 50.1 Å². The fourth-order valence-electron chi connectivity index (χ4n) is 5.88. The lowest BCUT2D eigenvalue weighted by molar-refractivity contribution is -0.143. The molecular formula is C30H36N2O3. The third-order valence-electron chi connectivity index (χ3n) is 8.03. The summed E-state index contributed by atoms with van der Waals surface area (Å²) < 4.78 is 11.0. The van der Waals surface area contributed by atoms with Gasteiger partial charge in [0.05, 0.1) is 19.3 Å². The zero-order valence-electron chi connectivity index (χ0n) is 20.9. The maximum Gasteiger partial charge on any atom is 0.225 e. The molecule has 35 heavy (non-hydrogen) atoms. The van der Waals surface area contributed by atoms with Crippen molar-refractivity contribution in [3.05, 3.63) is 65.2 Å². The van der Waals surface area contributed by atoms with Crippen LogP contribution in [0.5, 0.6) is 5.75 Å². The average Bonchev–Trinajstić information content (AvgIpc) is 2.83. The minimum absolute atomic E-state index is 0.261. The van der Waals surface area contributed by atoms with E-state index in [9.17, 15) is 4.79 Å². The molecule has 0 radical (unpaired) electrons. The van der Waals surface area contributed by atoms with Crippen LogP contribution in [0.1, 0.15) is 54.7 Å². The molecule has 5 rings (SSSR count). The number of methoxy groups -OCH3 is 2. The Morgan fingerprint density at radius 3 is 2.46 bits per heavy atom. The molecule has 1 amide bonds. The molecule has 5 heteroatoms. The number of amides is 1. The van der Waals surface area contributed by atoms with Crippen molar-refractivity contribution < 1.29 is 14.3 Å². The van der Waals surface area contributed by atoms with Crippen LogP contribution in [0.25, 0.3) is 0 Å². The minimum Gasteiger partial charge on any atom is -0.495 e. The maximum atomic E-state index is 13.1. The number of carbonyl (C=O) groups excluding carboxylic acids is 1. The van der Waals surface area contributed by atoms with E-state index in [0.717, 1.165) is 62.2 Å². The van der Waals surface area contributed by atoms with Gasteiger partial charge in [0.2, 0.25) is 5.91 Å². The average molecular weight is 473 g/mol. The number of benzene rings is 2. The molecule has 1 aliphatic carbocycles. The zero-order chi connectivity index (χ0) is 24.2. The van der Waals surface area contributed by atoms with E-state index in [2.05, 4.69) is 45.9 Å². The van der Waals surface area contributed by atoms with Gasteiger partial charge in [-0.25, -0.2) is 0 Å². The molecule has 5 nitrogen and oxygen atoms in total. The monoisotopic (exact) mass is 472 g/mol. The first kappa shape index (κ1) is 23.9. The largest absolute Gasteiger partial charge is 0.495 e.